The van der Waals surface area contributed by atoms with Crippen LogP contribution in [-0.2, 0) is 0 Å². The van der Waals surface area contributed by atoms with E-state index in [1.807, 2.05) is 6.92 Å². The zero-order valence-electron chi connectivity index (χ0n) is 11.0. The van der Waals surface area contributed by atoms with Crippen LogP contribution in [0.15, 0.2) is 17.4 Å². The highest BCUT2D eigenvalue weighted by Gasteiger charge is 2.16. The number of hydrogen-bond donors (Lipinski definition) is 1. The van der Waals surface area contributed by atoms with Crippen molar-refractivity contribution in [3.63, 3.8) is 0 Å². The van der Waals surface area contributed by atoms with Gasteiger partial charge in [0.1, 0.15) is 5.82 Å². The minimum atomic E-state index is 0.855. The Kier molecular flexibility index (Phi) is 4.15. The quantitative estimate of drug-likeness (QED) is 0.498. The summed E-state index contributed by atoms with van der Waals surface area (Å²) in [5, 5.41) is 11.6. The number of anilines is 1. The first-order valence-electron chi connectivity index (χ1n) is 6.36. The number of aryl methyl sites for hydroxylation is 1. The molecule has 1 saturated heterocycles. The minimum Gasteiger partial charge on any atom is -0.411 e. The summed E-state index contributed by atoms with van der Waals surface area (Å²) >= 11 is 0. The van der Waals surface area contributed by atoms with Crippen LogP contribution in [0.2, 0.25) is 0 Å². The summed E-state index contributed by atoms with van der Waals surface area (Å²) in [6, 6.07) is 2.05. The number of aromatic nitrogens is 1. The van der Waals surface area contributed by atoms with E-state index in [9.17, 15) is 0 Å². The first-order valence-corrected chi connectivity index (χ1v) is 6.36. The SMILES string of the molecule is CCN1CCN(c2cc(C)c(/C=N\O)cn2)CC1. The molecule has 0 radical (unpaired) electrons. The largest absolute Gasteiger partial charge is 0.411 e. The monoisotopic (exact) mass is 248 g/mol. The van der Waals surface area contributed by atoms with Gasteiger partial charge in [-0.15, -0.1) is 0 Å². The van der Waals surface area contributed by atoms with Crippen LogP contribution in [0.25, 0.3) is 0 Å². The summed E-state index contributed by atoms with van der Waals surface area (Å²) in [5.74, 6) is 1.01. The van der Waals surface area contributed by atoms with Gasteiger partial charge in [0.15, 0.2) is 0 Å². The highest BCUT2D eigenvalue weighted by atomic mass is 16.4. The van der Waals surface area contributed by atoms with Crippen LogP contribution in [0, 0.1) is 6.92 Å². The number of pyridine rings is 1. The number of likely N-dealkylation sites (N-methyl/N-ethyl adjacent to an activating group) is 1. The van der Waals surface area contributed by atoms with Gasteiger partial charge in [-0.05, 0) is 25.1 Å². The Hall–Kier alpha value is -1.62. The molecule has 0 atom stereocenters. The molecule has 2 rings (SSSR count). The molecule has 1 aromatic rings. The molecule has 1 aromatic heterocycles. The van der Waals surface area contributed by atoms with Gasteiger partial charge in [0, 0.05) is 37.9 Å². The van der Waals surface area contributed by atoms with E-state index < -0.39 is 0 Å². The summed E-state index contributed by atoms with van der Waals surface area (Å²) < 4.78 is 0. The smallest absolute Gasteiger partial charge is 0.128 e. The van der Waals surface area contributed by atoms with Crippen LogP contribution in [0.1, 0.15) is 18.1 Å². The normalized spacial score (nSPS) is 17.6. The molecule has 5 heteroatoms. The van der Waals surface area contributed by atoms with E-state index in [1.54, 1.807) is 6.20 Å². The lowest BCUT2D eigenvalue weighted by atomic mass is 10.1. The van der Waals surface area contributed by atoms with Crippen molar-refractivity contribution in [2.45, 2.75) is 13.8 Å². The molecule has 0 aliphatic carbocycles. The zero-order valence-corrected chi connectivity index (χ0v) is 11.0. The van der Waals surface area contributed by atoms with Gasteiger partial charge in [-0.1, -0.05) is 12.1 Å². The zero-order chi connectivity index (χ0) is 13.0. The molecular weight excluding hydrogens is 228 g/mol. The Morgan fingerprint density at radius 3 is 2.67 bits per heavy atom. The van der Waals surface area contributed by atoms with Crippen molar-refractivity contribution in [2.24, 2.45) is 5.16 Å². The maximum atomic E-state index is 8.54. The van der Waals surface area contributed by atoms with Crippen molar-refractivity contribution in [1.82, 2.24) is 9.88 Å². The molecule has 0 aromatic carbocycles. The molecule has 0 saturated carbocycles. The van der Waals surface area contributed by atoms with Gasteiger partial charge in [-0.25, -0.2) is 4.98 Å². The van der Waals surface area contributed by atoms with E-state index in [2.05, 4.69) is 32.9 Å². The molecule has 98 valence electrons. The highest BCUT2D eigenvalue weighted by Crippen LogP contribution is 2.16. The Morgan fingerprint density at radius 1 is 1.39 bits per heavy atom. The Morgan fingerprint density at radius 2 is 2.11 bits per heavy atom. The molecule has 0 spiro atoms. The van der Waals surface area contributed by atoms with Gasteiger partial charge in [-0.2, -0.15) is 0 Å². The molecule has 1 aliphatic heterocycles. The average Bonchev–Trinajstić information content (AvgIpc) is 2.41. The fourth-order valence-corrected chi connectivity index (χ4v) is 2.22. The number of nitrogens with zero attached hydrogens (tertiary/aromatic N) is 4. The Balaban J connectivity index is 2.08. The lowest BCUT2D eigenvalue weighted by molar-refractivity contribution is 0.270. The third-order valence-electron chi connectivity index (χ3n) is 3.48. The molecule has 18 heavy (non-hydrogen) atoms. The number of oxime groups is 1. The standard InChI is InChI=1S/C13H20N4O/c1-3-16-4-6-17(7-5-16)13-8-11(2)12(9-14-13)10-15-18/h8-10,18H,3-7H2,1-2H3/b15-10-. The van der Waals surface area contributed by atoms with Crippen molar-refractivity contribution >= 4 is 12.0 Å². The molecular formula is C13H20N4O. The number of rotatable bonds is 3. The second-order valence-electron chi connectivity index (χ2n) is 4.56. The summed E-state index contributed by atoms with van der Waals surface area (Å²) in [4.78, 5) is 9.18. The van der Waals surface area contributed by atoms with Crippen molar-refractivity contribution in [1.29, 1.82) is 0 Å². The number of hydrogen-bond acceptors (Lipinski definition) is 5. The first-order chi connectivity index (χ1) is 8.74. The maximum Gasteiger partial charge on any atom is 0.128 e. The summed E-state index contributed by atoms with van der Waals surface area (Å²) in [7, 11) is 0. The van der Waals surface area contributed by atoms with E-state index in [0.717, 1.165) is 49.7 Å². The molecule has 5 nitrogen and oxygen atoms in total. The van der Waals surface area contributed by atoms with Gasteiger partial charge < -0.3 is 15.0 Å². The molecule has 1 N–H and O–H groups in total. The molecule has 0 bridgehead atoms. The minimum absolute atomic E-state index is 0.855. The maximum absolute atomic E-state index is 8.54. The fraction of sp³-hybridized carbons (Fsp3) is 0.538. The van der Waals surface area contributed by atoms with Gasteiger partial charge in [0.05, 0.1) is 6.21 Å². The predicted octanol–water partition coefficient (Wildman–Crippen LogP) is 1.34. The highest BCUT2D eigenvalue weighted by molar-refractivity contribution is 5.81. The number of piperazine rings is 1. The Labute approximate surface area is 108 Å². The van der Waals surface area contributed by atoms with E-state index in [1.165, 1.54) is 6.21 Å². The van der Waals surface area contributed by atoms with Crippen LogP contribution in [0.4, 0.5) is 5.82 Å². The predicted molar refractivity (Wildman–Crippen MR) is 72.7 cm³/mol. The third kappa shape index (κ3) is 2.79. The molecule has 0 unspecified atom stereocenters. The first kappa shape index (κ1) is 12.8. The molecule has 1 aliphatic rings. The summed E-state index contributed by atoms with van der Waals surface area (Å²) in [6.45, 7) is 9.55. The summed E-state index contributed by atoms with van der Waals surface area (Å²) in [5.41, 5.74) is 1.93. The van der Waals surface area contributed by atoms with Gasteiger partial charge in [0.2, 0.25) is 0 Å². The van der Waals surface area contributed by atoms with Crippen molar-refractivity contribution in [3.8, 4) is 0 Å². The van der Waals surface area contributed by atoms with E-state index in [0.29, 0.717) is 0 Å². The topological polar surface area (TPSA) is 52.0 Å². The van der Waals surface area contributed by atoms with E-state index >= 15 is 0 Å². The average molecular weight is 248 g/mol. The molecule has 0 amide bonds. The third-order valence-corrected chi connectivity index (χ3v) is 3.48. The Bertz CT molecular complexity index is 425. The van der Waals surface area contributed by atoms with Crippen LogP contribution < -0.4 is 4.90 Å². The fourth-order valence-electron chi connectivity index (χ4n) is 2.22. The lowest BCUT2D eigenvalue weighted by Crippen LogP contribution is -2.46. The van der Waals surface area contributed by atoms with Gasteiger partial charge >= 0.3 is 0 Å². The molecule has 1 fully saturated rings. The van der Waals surface area contributed by atoms with Crippen molar-refractivity contribution < 1.29 is 5.21 Å². The van der Waals surface area contributed by atoms with E-state index in [-0.39, 0.29) is 0 Å². The van der Waals surface area contributed by atoms with Crippen LogP contribution in [-0.4, -0.2) is 54.0 Å². The lowest BCUT2D eigenvalue weighted by Gasteiger charge is -2.34. The summed E-state index contributed by atoms with van der Waals surface area (Å²) in [6.07, 6.45) is 3.18. The van der Waals surface area contributed by atoms with Gasteiger partial charge in [0.25, 0.3) is 0 Å². The van der Waals surface area contributed by atoms with E-state index in [4.69, 9.17) is 5.21 Å². The second-order valence-corrected chi connectivity index (χ2v) is 4.56. The van der Waals surface area contributed by atoms with Crippen molar-refractivity contribution in [2.75, 3.05) is 37.6 Å². The van der Waals surface area contributed by atoms with Crippen LogP contribution in [0.3, 0.4) is 0 Å². The van der Waals surface area contributed by atoms with Crippen LogP contribution in [0.5, 0.6) is 0 Å². The second kappa shape index (κ2) is 5.82. The van der Waals surface area contributed by atoms with Crippen molar-refractivity contribution in [3.05, 3.63) is 23.4 Å². The molecule has 2 heterocycles. The van der Waals surface area contributed by atoms with Gasteiger partial charge in [-0.3, -0.25) is 0 Å². The van der Waals surface area contributed by atoms with Crippen LogP contribution >= 0.6 is 0 Å².